The Morgan fingerprint density at radius 3 is 2.35 bits per heavy atom. The van der Waals surface area contributed by atoms with Crippen LogP contribution in [-0.4, -0.2) is 5.97 Å². The van der Waals surface area contributed by atoms with Gasteiger partial charge in [-0.3, -0.25) is 4.79 Å². The van der Waals surface area contributed by atoms with Crippen LogP contribution < -0.4 is 0 Å². The van der Waals surface area contributed by atoms with Crippen LogP contribution in [0.25, 0.3) is 0 Å². The lowest BCUT2D eigenvalue weighted by molar-refractivity contribution is -0.159. The summed E-state index contributed by atoms with van der Waals surface area (Å²) >= 11 is 2.26. The Kier molecular flexibility index (Phi) is 4.98. The SMILES string of the molecule is CCC(C)(C)C(=O)OC(C)c1ccc(I)cc1. The average Bonchev–Trinajstić information content (AvgIpc) is 2.29. The minimum Gasteiger partial charge on any atom is -0.457 e. The molecule has 1 unspecified atom stereocenters. The number of carbonyl (C=O) groups excluding carboxylic acids is 1. The maximum absolute atomic E-state index is 11.9. The molecule has 0 aliphatic rings. The Hall–Kier alpha value is -0.580. The Balaban J connectivity index is 2.70. The fraction of sp³-hybridized carbons (Fsp3) is 0.500. The molecule has 0 aliphatic carbocycles. The molecule has 0 heterocycles. The van der Waals surface area contributed by atoms with E-state index < -0.39 is 5.41 Å². The molecule has 1 rings (SSSR count). The minimum absolute atomic E-state index is 0.133. The largest absolute Gasteiger partial charge is 0.457 e. The Morgan fingerprint density at radius 2 is 1.88 bits per heavy atom. The van der Waals surface area contributed by atoms with Crippen LogP contribution in [0.1, 0.15) is 45.8 Å². The second-order valence-corrected chi connectivity index (χ2v) is 6.08. The van der Waals surface area contributed by atoms with Crippen LogP contribution in [0.5, 0.6) is 0 Å². The van der Waals surface area contributed by atoms with Gasteiger partial charge in [0.2, 0.25) is 0 Å². The monoisotopic (exact) mass is 346 g/mol. The van der Waals surface area contributed by atoms with Crippen molar-refractivity contribution in [2.45, 2.75) is 40.2 Å². The van der Waals surface area contributed by atoms with E-state index in [1.165, 1.54) is 3.57 Å². The van der Waals surface area contributed by atoms with E-state index in [1.807, 2.05) is 52.0 Å². The van der Waals surface area contributed by atoms with Crippen LogP contribution in [0, 0.1) is 8.99 Å². The molecule has 3 heteroatoms. The zero-order chi connectivity index (χ0) is 13.1. The summed E-state index contributed by atoms with van der Waals surface area (Å²) in [5, 5.41) is 0. The first-order valence-corrected chi connectivity index (χ1v) is 6.91. The summed E-state index contributed by atoms with van der Waals surface area (Å²) in [5.41, 5.74) is 0.628. The molecule has 0 aromatic heterocycles. The zero-order valence-electron chi connectivity index (χ0n) is 10.8. The van der Waals surface area contributed by atoms with Gasteiger partial charge in [0.05, 0.1) is 5.41 Å². The molecule has 17 heavy (non-hydrogen) atoms. The number of hydrogen-bond donors (Lipinski definition) is 0. The van der Waals surface area contributed by atoms with E-state index in [1.54, 1.807) is 0 Å². The van der Waals surface area contributed by atoms with Crippen molar-refractivity contribution in [3.05, 3.63) is 33.4 Å². The molecule has 0 saturated carbocycles. The first-order chi connectivity index (χ1) is 7.86. The van der Waals surface area contributed by atoms with E-state index in [9.17, 15) is 4.79 Å². The highest BCUT2D eigenvalue weighted by molar-refractivity contribution is 14.1. The van der Waals surface area contributed by atoms with Gasteiger partial charge in [-0.1, -0.05) is 19.1 Å². The van der Waals surface area contributed by atoms with Crippen molar-refractivity contribution >= 4 is 28.6 Å². The maximum Gasteiger partial charge on any atom is 0.312 e. The van der Waals surface area contributed by atoms with Crippen molar-refractivity contribution in [3.63, 3.8) is 0 Å². The summed E-state index contributed by atoms with van der Waals surface area (Å²) in [6, 6.07) is 8.04. The predicted octanol–water partition coefficient (Wildman–Crippen LogP) is 4.33. The van der Waals surface area contributed by atoms with Gasteiger partial charge in [-0.25, -0.2) is 0 Å². The highest BCUT2D eigenvalue weighted by Gasteiger charge is 2.28. The molecule has 1 aromatic carbocycles. The highest BCUT2D eigenvalue weighted by atomic mass is 127. The van der Waals surface area contributed by atoms with Crippen molar-refractivity contribution in [2.24, 2.45) is 5.41 Å². The number of halogens is 1. The van der Waals surface area contributed by atoms with Gasteiger partial charge >= 0.3 is 5.97 Å². The summed E-state index contributed by atoms with van der Waals surface area (Å²) in [6.07, 6.45) is 0.593. The van der Waals surface area contributed by atoms with Gasteiger partial charge < -0.3 is 4.74 Å². The van der Waals surface area contributed by atoms with E-state index in [4.69, 9.17) is 4.74 Å². The fourth-order valence-corrected chi connectivity index (χ4v) is 1.63. The van der Waals surface area contributed by atoms with Crippen LogP contribution in [0.2, 0.25) is 0 Å². The van der Waals surface area contributed by atoms with Gasteiger partial charge in [0.25, 0.3) is 0 Å². The molecule has 0 spiro atoms. The van der Waals surface area contributed by atoms with Gasteiger partial charge in [-0.05, 0) is 67.5 Å². The third kappa shape index (κ3) is 3.98. The van der Waals surface area contributed by atoms with E-state index in [0.29, 0.717) is 0 Å². The smallest absolute Gasteiger partial charge is 0.312 e. The molecular formula is C14H19IO2. The normalized spacial score (nSPS) is 13.2. The molecule has 94 valence electrons. The summed E-state index contributed by atoms with van der Waals surface area (Å²) in [5.74, 6) is -0.133. The number of hydrogen-bond acceptors (Lipinski definition) is 2. The quantitative estimate of drug-likeness (QED) is 0.599. The number of carbonyl (C=O) groups is 1. The van der Waals surface area contributed by atoms with Crippen LogP contribution in [0.3, 0.4) is 0 Å². The zero-order valence-corrected chi connectivity index (χ0v) is 12.9. The molecule has 0 saturated heterocycles. The first kappa shape index (κ1) is 14.5. The van der Waals surface area contributed by atoms with Crippen LogP contribution >= 0.6 is 22.6 Å². The van der Waals surface area contributed by atoms with Gasteiger partial charge in [0, 0.05) is 3.57 Å². The lowest BCUT2D eigenvalue weighted by atomic mass is 9.90. The van der Waals surface area contributed by atoms with E-state index in [0.717, 1.165) is 12.0 Å². The second-order valence-electron chi connectivity index (χ2n) is 4.84. The average molecular weight is 346 g/mol. The summed E-state index contributed by atoms with van der Waals surface area (Å²) in [4.78, 5) is 11.9. The van der Waals surface area contributed by atoms with Crippen molar-refractivity contribution in [3.8, 4) is 0 Å². The third-order valence-electron chi connectivity index (χ3n) is 3.06. The number of benzene rings is 1. The van der Waals surface area contributed by atoms with Gasteiger partial charge in [-0.15, -0.1) is 0 Å². The molecule has 2 nitrogen and oxygen atoms in total. The van der Waals surface area contributed by atoms with Gasteiger partial charge in [0.1, 0.15) is 6.10 Å². The van der Waals surface area contributed by atoms with Crippen molar-refractivity contribution in [2.75, 3.05) is 0 Å². The fourth-order valence-electron chi connectivity index (χ4n) is 1.27. The maximum atomic E-state index is 11.9. The van der Waals surface area contributed by atoms with Crippen molar-refractivity contribution in [1.82, 2.24) is 0 Å². The third-order valence-corrected chi connectivity index (χ3v) is 3.78. The van der Waals surface area contributed by atoms with E-state index in [2.05, 4.69) is 22.6 Å². The van der Waals surface area contributed by atoms with Crippen LogP contribution in [0.4, 0.5) is 0 Å². The van der Waals surface area contributed by atoms with Crippen LogP contribution in [0.15, 0.2) is 24.3 Å². The molecule has 0 fully saturated rings. The number of esters is 1. The summed E-state index contributed by atoms with van der Waals surface area (Å²) in [6.45, 7) is 7.73. The molecule has 0 amide bonds. The topological polar surface area (TPSA) is 26.3 Å². The molecule has 0 aliphatic heterocycles. The highest BCUT2D eigenvalue weighted by Crippen LogP contribution is 2.26. The van der Waals surface area contributed by atoms with Crippen LogP contribution in [-0.2, 0) is 9.53 Å². The summed E-state index contributed by atoms with van der Waals surface area (Å²) < 4.78 is 6.67. The Bertz CT molecular complexity index is 382. The standard InChI is InChI=1S/C14H19IO2/c1-5-14(3,4)13(16)17-10(2)11-6-8-12(15)9-7-11/h6-10H,5H2,1-4H3. The summed E-state index contributed by atoms with van der Waals surface area (Å²) in [7, 11) is 0. The Labute approximate surface area is 117 Å². The molecule has 0 bridgehead atoms. The van der Waals surface area contributed by atoms with Crippen molar-refractivity contribution < 1.29 is 9.53 Å². The molecule has 1 atom stereocenters. The number of rotatable bonds is 4. The lowest BCUT2D eigenvalue weighted by Gasteiger charge is -2.23. The molecular weight excluding hydrogens is 327 g/mol. The first-order valence-electron chi connectivity index (χ1n) is 5.83. The lowest BCUT2D eigenvalue weighted by Crippen LogP contribution is -2.26. The predicted molar refractivity (Wildman–Crippen MR) is 77.7 cm³/mol. The van der Waals surface area contributed by atoms with E-state index in [-0.39, 0.29) is 12.1 Å². The Morgan fingerprint density at radius 1 is 1.35 bits per heavy atom. The molecule has 0 N–H and O–H groups in total. The molecule has 1 aromatic rings. The number of ether oxygens (including phenoxy) is 1. The minimum atomic E-state index is -0.405. The van der Waals surface area contributed by atoms with Gasteiger partial charge in [-0.2, -0.15) is 0 Å². The second kappa shape index (κ2) is 5.85. The van der Waals surface area contributed by atoms with Crippen molar-refractivity contribution in [1.29, 1.82) is 0 Å². The van der Waals surface area contributed by atoms with Gasteiger partial charge in [0.15, 0.2) is 0 Å². The van der Waals surface area contributed by atoms with E-state index >= 15 is 0 Å². The molecule has 0 radical (unpaired) electrons.